The molecule has 0 aromatic heterocycles. The first kappa shape index (κ1) is 22.6. The van der Waals surface area contributed by atoms with Crippen molar-refractivity contribution >= 4 is 23.8 Å². The maximum absolute atomic E-state index is 12.7. The molecule has 2 aromatic carbocycles. The summed E-state index contributed by atoms with van der Waals surface area (Å²) in [4.78, 5) is 29.2. The Hall–Kier alpha value is -3.12. The van der Waals surface area contributed by atoms with Gasteiger partial charge in [-0.1, -0.05) is 68.0 Å². The molecule has 1 aliphatic heterocycles. The Labute approximate surface area is 184 Å². The highest BCUT2D eigenvalue weighted by Gasteiger charge is 2.22. The van der Waals surface area contributed by atoms with Gasteiger partial charge in [-0.15, -0.1) is 0 Å². The second-order valence-electron chi connectivity index (χ2n) is 7.57. The van der Waals surface area contributed by atoms with Gasteiger partial charge in [0.05, 0.1) is 17.9 Å². The number of nitrogens with one attached hydrogen (secondary N) is 1. The van der Waals surface area contributed by atoms with E-state index in [0.717, 1.165) is 32.5 Å². The van der Waals surface area contributed by atoms with Gasteiger partial charge in [-0.2, -0.15) is 0 Å². The van der Waals surface area contributed by atoms with Crippen molar-refractivity contribution in [2.24, 2.45) is 0 Å². The molecule has 2 aromatic rings. The summed E-state index contributed by atoms with van der Waals surface area (Å²) in [7, 11) is 0. The van der Waals surface area contributed by atoms with Crippen LogP contribution in [0.15, 0.2) is 60.7 Å². The molecular formula is C25H31N3O3. The summed E-state index contributed by atoms with van der Waals surface area (Å²) in [6.45, 7) is 6.21. The van der Waals surface area contributed by atoms with Crippen molar-refractivity contribution in [2.75, 3.05) is 44.6 Å². The minimum absolute atomic E-state index is 0.187. The van der Waals surface area contributed by atoms with Crippen LogP contribution in [-0.2, 0) is 4.74 Å². The number of rotatable bonds is 8. The lowest BCUT2D eigenvalue weighted by Gasteiger charge is -2.34. The van der Waals surface area contributed by atoms with Gasteiger partial charge in [-0.3, -0.25) is 4.90 Å². The molecule has 31 heavy (non-hydrogen) atoms. The summed E-state index contributed by atoms with van der Waals surface area (Å²) >= 11 is 0. The predicted molar refractivity (Wildman–Crippen MR) is 124 cm³/mol. The summed E-state index contributed by atoms with van der Waals surface area (Å²) < 4.78 is 5.30. The van der Waals surface area contributed by atoms with Gasteiger partial charge in [0.1, 0.15) is 0 Å². The van der Waals surface area contributed by atoms with Gasteiger partial charge in [0.15, 0.2) is 0 Å². The van der Waals surface area contributed by atoms with Crippen molar-refractivity contribution in [1.29, 1.82) is 0 Å². The number of hydrogen-bond acceptors (Lipinski definition) is 4. The topological polar surface area (TPSA) is 61.9 Å². The molecule has 0 atom stereocenters. The van der Waals surface area contributed by atoms with Crippen LogP contribution in [0.2, 0.25) is 0 Å². The molecule has 0 unspecified atom stereocenters. The van der Waals surface area contributed by atoms with E-state index in [1.807, 2.05) is 25.1 Å². The van der Waals surface area contributed by atoms with Crippen LogP contribution < -0.4 is 5.32 Å². The predicted octanol–water partition coefficient (Wildman–Crippen LogP) is 4.51. The average Bonchev–Trinajstić information content (AvgIpc) is 2.80. The Bertz CT molecular complexity index is 875. The summed E-state index contributed by atoms with van der Waals surface area (Å²) in [5.74, 6) is -0.403. The number of unbranched alkanes of at least 4 members (excludes halogenated alkanes) is 1. The molecule has 0 aliphatic carbocycles. The molecule has 1 N–H and O–H groups in total. The van der Waals surface area contributed by atoms with Crippen LogP contribution in [0, 0.1) is 0 Å². The largest absolute Gasteiger partial charge is 0.462 e. The van der Waals surface area contributed by atoms with E-state index in [-0.39, 0.29) is 6.03 Å². The zero-order chi connectivity index (χ0) is 21.9. The monoisotopic (exact) mass is 421 g/mol. The first-order chi connectivity index (χ1) is 15.2. The molecule has 1 saturated heterocycles. The zero-order valence-corrected chi connectivity index (χ0v) is 18.1. The molecule has 164 valence electrons. The Morgan fingerprint density at radius 1 is 1.00 bits per heavy atom. The first-order valence-corrected chi connectivity index (χ1v) is 10.9. The number of piperazine rings is 1. The van der Waals surface area contributed by atoms with Gasteiger partial charge in [0.2, 0.25) is 0 Å². The number of ether oxygens (including phenoxy) is 1. The van der Waals surface area contributed by atoms with Gasteiger partial charge >= 0.3 is 12.0 Å². The van der Waals surface area contributed by atoms with E-state index in [1.165, 1.54) is 5.56 Å². The van der Waals surface area contributed by atoms with Crippen molar-refractivity contribution in [3.8, 4) is 0 Å². The molecule has 0 saturated carbocycles. The van der Waals surface area contributed by atoms with Gasteiger partial charge in [0.25, 0.3) is 0 Å². The van der Waals surface area contributed by atoms with Crippen LogP contribution in [0.25, 0.3) is 6.08 Å². The lowest BCUT2D eigenvalue weighted by Crippen LogP contribution is -2.50. The number of nitrogens with zero attached hydrogens (tertiary/aromatic N) is 2. The second kappa shape index (κ2) is 11.9. The third-order valence-electron chi connectivity index (χ3n) is 5.25. The molecule has 1 fully saturated rings. The van der Waals surface area contributed by atoms with E-state index in [0.29, 0.717) is 30.9 Å². The quantitative estimate of drug-likeness (QED) is 0.503. The molecule has 0 bridgehead atoms. The molecule has 1 heterocycles. The van der Waals surface area contributed by atoms with Gasteiger partial charge < -0.3 is 15.0 Å². The van der Waals surface area contributed by atoms with Crippen molar-refractivity contribution in [3.63, 3.8) is 0 Å². The third-order valence-corrected chi connectivity index (χ3v) is 5.25. The molecular weight excluding hydrogens is 390 g/mol. The number of para-hydroxylation sites is 1. The number of amides is 2. The SMILES string of the molecule is CCCCOC(=O)c1ccccc1NC(=O)N1CCN(CC=Cc2ccccc2)CC1. The Morgan fingerprint density at radius 3 is 2.45 bits per heavy atom. The number of anilines is 1. The minimum Gasteiger partial charge on any atom is -0.462 e. The third kappa shape index (κ3) is 6.96. The highest BCUT2D eigenvalue weighted by molar-refractivity contribution is 6.00. The summed E-state index contributed by atoms with van der Waals surface area (Å²) in [5.41, 5.74) is 2.06. The zero-order valence-electron chi connectivity index (χ0n) is 18.1. The van der Waals surface area contributed by atoms with E-state index in [1.54, 1.807) is 29.2 Å². The van der Waals surface area contributed by atoms with Gasteiger partial charge in [-0.25, -0.2) is 9.59 Å². The molecule has 2 amide bonds. The highest BCUT2D eigenvalue weighted by Crippen LogP contribution is 2.17. The smallest absolute Gasteiger partial charge is 0.340 e. The van der Waals surface area contributed by atoms with Crippen molar-refractivity contribution < 1.29 is 14.3 Å². The number of carbonyl (C=O) groups is 2. The molecule has 6 nitrogen and oxygen atoms in total. The normalized spacial score (nSPS) is 14.5. The fourth-order valence-corrected chi connectivity index (χ4v) is 3.39. The Balaban J connectivity index is 1.48. The standard InChI is InChI=1S/C25H31N3O3/c1-2-3-20-31-24(29)22-13-7-8-14-23(22)26-25(30)28-18-16-27(17-19-28)15-9-12-21-10-5-4-6-11-21/h4-14H,2-3,15-20H2,1H3,(H,26,30). The first-order valence-electron chi connectivity index (χ1n) is 10.9. The number of hydrogen-bond donors (Lipinski definition) is 1. The number of esters is 1. The lowest BCUT2D eigenvalue weighted by molar-refractivity contribution is 0.0501. The van der Waals surface area contributed by atoms with E-state index < -0.39 is 5.97 Å². The van der Waals surface area contributed by atoms with Crippen molar-refractivity contribution in [1.82, 2.24) is 9.80 Å². The average molecular weight is 422 g/mol. The van der Waals surface area contributed by atoms with Crippen LogP contribution in [0.1, 0.15) is 35.7 Å². The molecule has 6 heteroatoms. The van der Waals surface area contributed by atoms with Crippen LogP contribution in [0.4, 0.5) is 10.5 Å². The number of benzene rings is 2. The van der Waals surface area contributed by atoms with E-state index in [9.17, 15) is 9.59 Å². The van der Waals surface area contributed by atoms with E-state index in [4.69, 9.17) is 4.74 Å². The summed E-state index contributed by atoms with van der Waals surface area (Å²) in [6, 6.07) is 17.0. The minimum atomic E-state index is -0.403. The number of urea groups is 1. The van der Waals surface area contributed by atoms with Crippen LogP contribution >= 0.6 is 0 Å². The van der Waals surface area contributed by atoms with Crippen molar-refractivity contribution in [2.45, 2.75) is 19.8 Å². The highest BCUT2D eigenvalue weighted by atomic mass is 16.5. The maximum Gasteiger partial charge on any atom is 0.340 e. The van der Waals surface area contributed by atoms with Gasteiger partial charge in [-0.05, 0) is 24.1 Å². The second-order valence-corrected chi connectivity index (χ2v) is 7.57. The number of carbonyl (C=O) groups excluding carboxylic acids is 2. The van der Waals surface area contributed by atoms with Crippen LogP contribution in [0.3, 0.4) is 0 Å². The van der Waals surface area contributed by atoms with E-state index >= 15 is 0 Å². The van der Waals surface area contributed by atoms with Crippen LogP contribution in [0.5, 0.6) is 0 Å². The molecule has 0 spiro atoms. The van der Waals surface area contributed by atoms with Crippen LogP contribution in [-0.4, -0.2) is 61.1 Å². The fraction of sp³-hybridized carbons (Fsp3) is 0.360. The molecule has 3 rings (SSSR count). The Morgan fingerprint density at radius 2 is 1.71 bits per heavy atom. The van der Waals surface area contributed by atoms with Crippen molar-refractivity contribution in [3.05, 3.63) is 71.8 Å². The maximum atomic E-state index is 12.7. The summed E-state index contributed by atoms with van der Waals surface area (Å²) in [5, 5.41) is 2.88. The Kier molecular flexibility index (Phi) is 8.67. The molecule has 0 radical (unpaired) electrons. The van der Waals surface area contributed by atoms with E-state index in [2.05, 4.69) is 34.5 Å². The van der Waals surface area contributed by atoms with Gasteiger partial charge in [0, 0.05) is 32.7 Å². The lowest BCUT2D eigenvalue weighted by atomic mass is 10.2. The molecule has 1 aliphatic rings. The fourth-order valence-electron chi connectivity index (χ4n) is 3.39. The summed E-state index contributed by atoms with van der Waals surface area (Å²) in [6.07, 6.45) is 6.06.